The molecule has 1 aromatic carbocycles. The topological polar surface area (TPSA) is 26.3 Å². The standard InChI is InChI=1S/C18H24O2/c1-13(2)18(4)7-5-16(6-8-18)20-17-10-14(3)9-15(11-17)12-19/h9-12,16H,1,5-8H2,2-4H3. The second-order valence-electron chi connectivity index (χ2n) is 6.36. The number of allylic oxidation sites excluding steroid dienone is 1. The number of hydrogen-bond acceptors (Lipinski definition) is 2. The van der Waals surface area contributed by atoms with Crippen LogP contribution in [0.3, 0.4) is 0 Å². The van der Waals surface area contributed by atoms with E-state index < -0.39 is 0 Å². The molecule has 1 aliphatic rings. The zero-order chi connectivity index (χ0) is 14.8. The third kappa shape index (κ3) is 3.30. The summed E-state index contributed by atoms with van der Waals surface area (Å²) >= 11 is 0. The Morgan fingerprint density at radius 3 is 2.55 bits per heavy atom. The highest BCUT2D eigenvalue weighted by molar-refractivity contribution is 5.76. The second kappa shape index (κ2) is 5.82. The third-order valence-corrected chi connectivity index (χ3v) is 4.58. The van der Waals surface area contributed by atoms with E-state index in [9.17, 15) is 4.79 Å². The lowest BCUT2D eigenvalue weighted by Crippen LogP contribution is -2.31. The molecule has 0 N–H and O–H groups in total. The quantitative estimate of drug-likeness (QED) is 0.586. The Morgan fingerprint density at radius 1 is 1.35 bits per heavy atom. The first-order chi connectivity index (χ1) is 9.43. The van der Waals surface area contributed by atoms with Crippen LogP contribution in [0.1, 0.15) is 55.5 Å². The molecule has 20 heavy (non-hydrogen) atoms. The van der Waals surface area contributed by atoms with Crippen LogP contribution < -0.4 is 4.74 Å². The second-order valence-corrected chi connectivity index (χ2v) is 6.36. The van der Waals surface area contributed by atoms with Gasteiger partial charge in [0.2, 0.25) is 0 Å². The molecule has 1 aliphatic carbocycles. The predicted molar refractivity (Wildman–Crippen MR) is 82.4 cm³/mol. The van der Waals surface area contributed by atoms with Crippen LogP contribution in [0, 0.1) is 12.3 Å². The Labute approximate surface area is 121 Å². The molecule has 0 aliphatic heterocycles. The van der Waals surface area contributed by atoms with E-state index in [1.807, 2.05) is 25.1 Å². The van der Waals surface area contributed by atoms with Crippen molar-refractivity contribution in [3.63, 3.8) is 0 Å². The number of carbonyl (C=O) groups is 1. The first kappa shape index (κ1) is 14.8. The largest absolute Gasteiger partial charge is 0.490 e. The maximum Gasteiger partial charge on any atom is 0.150 e. The predicted octanol–water partition coefficient (Wildman–Crippen LogP) is 4.71. The fourth-order valence-electron chi connectivity index (χ4n) is 2.88. The van der Waals surface area contributed by atoms with Gasteiger partial charge in [-0.25, -0.2) is 0 Å². The molecule has 108 valence electrons. The number of ether oxygens (including phenoxy) is 1. The van der Waals surface area contributed by atoms with Crippen LogP contribution in [0.15, 0.2) is 30.4 Å². The molecule has 0 atom stereocenters. The summed E-state index contributed by atoms with van der Waals surface area (Å²) in [5, 5.41) is 0. The van der Waals surface area contributed by atoms with E-state index in [1.165, 1.54) is 5.57 Å². The van der Waals surface area contributed by atoms with Crippen molar-refractivity contribution in [2.75, 3.05) is 0 Å². The number of aryl methyl sites for hydroxylation is 1. The summed E-state index contributed by atoms with van der Waals surface area (Å²) in [6.45, 7) is 10.5. The van der Waals surface area contributed by atoms with Gasteiger partial charge in [0.25, 0.3) is 0 Å². The molecular weight excluding hydrogens is 248 g/mol. The molecule has 0 aromatic heterocycles. The molecule has 0 radical (unpaired) electrons. The zero-order valence-electron chi connectivity index (χ0n) is 12.7. The van der Waals surface area contributed by atoms with Gasteiger partial charge in [-0.3, -0.25) is 4.79 Å². The molecule has 0 amide bonds. The van der Waals surface area contributed by atoms with Crippen LogP contribution in [-0.4, -0.2) is 12.4 Å². The number of aldehydes is 1. The number of benzene rings is 1. The monoisotopic (exact) mass is 272 g/mol. The maximum absolute atomic E-state index is 10.9. The molecule has 0 unspecified atom stereocenters. The maximum atomic E-state index is 10.9. The van der Waals surface area contributed by atoms with E-state index in [2.05, 4.69) is 20.4 Å². The molecule has 0 heterocycles. The average molecular weight is 272 g/mol. The molecule has 0 saturated heterocycles. The van der Waals surface area contributed by atoms with Crippen molar-refractivity contribution in [1.29, 1.82) is 0 Å². The number of rotatable bonds is 4. The van der Waals surface area contributed by atoms with Gasteiger partial charge in [-0.15, -0.1) is 0 Å². The number of hydrogen-bond donors (Lipinski definition) is 0. The van der Waals surface area contributed by atoms with Crippen molar-refractivity contribution in [3.05, 3.63) is 41.5 Å². The summed E-state index contributed by atoms with van der Waals surface area (Å²) in [5.41, 5.74) is 3.28. The lowest BCUT2D eigenvalue weighted by molar-refractivity contribution is 0.106. The fourth-order valence-corrected chi connectivity index (χ4v) is 2.88. The highest BCUT2D eigenvalue weighted by Crippen LogP contribution is 2.42. The Bertz CT molecular complexity index is 508. The van der Waals surface area contributed by atoms with Crippen LogP contribution in [0.5, 0.6) is 5.75 Å². The van der Waals surface area contributed by atoms with Gasteiger partial charge in [0.05, 0.1) is 6.10 Å². The Balaban J connectivity index is 2.01. The van der Waals surface area contributed by atoms with Crippen LogP contribution in [0.4, 0.5) is 0 Å². The number of carbonyl (C=O) groups excluding carboxylic acids is 1. The SMILES string of the molecule is C=C(C)C1(C)CCC(Oc2cc(C)cc(C=O)c2)CC1. The van der Waals surface area contributed by atoms with Gasteiger partial charge in [0, 0.05) is 5.56 Å². The van der Waals surface area contributed by atoms with Crippen molar-refractivity contribution < 1.29 is 9.53 Å². The fraction of sp³-hybridized carbons (Fsp3) is 0.500. The first-order valence-electron chi connectivity index (χ1n) is 7.32. The van der Waals surface area contributed by atoms with Crippen LogP contribution in [0.25, 0.3) is 0 Å². The smallest absolute Gasteiger partial charge is 0.150 e. The minimum Gasteiger partial charge on any atom is -0.490 e. The van der Waals surface area contributed by atoms with Gasteiger partial charge in [-0.2, -0.15) is 0 Å². The van der Waals surface area contributed by atoms with Crippen molar-refractivity contribution in [2.45, 2.75) is 52.6 Å². The van der Waals surface area contributed by atoms with Crippen molar-refractivity contribution in [3.8, 4) is 5.75 Å². The molecule has 0 bridgehead atoms. The van der Waals surface area contributed by atoms with Crippen molar-refractivity contribution >= 4 is 6.29 Å². The summed E-state index contributed by atoms with van der Waals surface area (Å²) in [5.74, 6) is 0.816. The van der Waals surface area contributed by atoms with Crippen LogP contribution in [0.2, 0.25) is 0 Å². The average Bonchev–Trinajstić information content (AvgIpc) is 2.40. The minimum atomic E-state index is 0.253. The first-order valence-corrected chi connectivity index (χ1v) is 7.32. The molecule has 2 heteroatoms. The van der Waals surface area contributed by atoms with Gasteiger partial charge in [-0.05, 0) is 68.7 Å². The van der Waals surface area contributed by atoms with Gasteiger partial charge >= 0.3 is 0 Å². The highest BCUT2D eigenvalue weighted by atomic mass is 16.5. The van der Waals surface area contributed by atoms with Crippen LogP contribution in [-0.2, 0) is 0 Å². The molecule has 1 fully saturated rings. The molecule has 1 aromatic rings. The lowest BCUT2D eigenvalue weighted by atomic mass is 9.71. The molecule has 2 rings (SSSR count). The van der Waals surface area contributed by atoms with E-state index in [0.29, 0.717) is 5.56 Å². The lowest BCUT2D eigenvalue weighted by Gasteiger charge is -2.38. The molecule has 0 spiro atoms. The van der Waals surface area contributed by atoms with Gasteiger partial charge in [0.1, 0.15) is 12.0 Å². The van der Waals surface area contributed by atoms with E-state index in [4.69, 9.17) is 4.74 Å². The van der Waals surface area contributed by atoms with E-state index >= 15 is 0 Å². The highest BCUT2D eigenvalue weighted by Gasteiger charge is 2.32. The van der Waals surface area contributed by atoms with E-state index in [1.54, 1.807) is 0 Å². The summed E-state index contributed by atoms with van der Waals surface area (Å²) in [4.78, 5) is 10.9. The minimum absolute atomic E-state index is 0.253. The molecule has 1 saturated carbocycles. The zero-order valence-corrected chi connectivity index (χ0v) is 12.7. The summed E-state index contributed by atoms with van der Waals surface area (Å²) < 4.78 is 6.06. The summed E-state index contributed by atoms with van der Waals surface area (Å²) in [6, 6.07) is 5.70. The third-order valence-electron chi connectivity index (χ3n) is 4.58. The molecular formula is C18H24O2. The van der Waals surface area contributed by atoms with Crippen molar-refractivity contribution in [1.82, 2.24) is 0 Å². The van der Waals surface area contributed by atoms with Gasteiger partial charge < -0.3 is 4.74 Å². The van der Waals surface area contributed by atoms with Gasteiger partial charge in [-0.1, -0.05) is 19.1 Å². The van der Waals surface area contributed by atoms with Crippen molar-refractivity contribution in [2.24, 2.45) is 5.41 Å². The Hall–Kier alpha value is -1.57. The Kier molecular flexibility index (Phi) is 4.32. The Morgan fingerprint density at radius 2 is 2.00 bits per heavy atom. The van der Waals surface area contributed by atoms with E-state index in [-0.39, 0.29) is 11.5 Å². The molecule has 2 nitrogen and oxygen atoms in total. The van der Waals surface area contributed by atoms with Crippen LogP contribution >= 0.6 is 0 Å². The normalized spacial score (nSPS) is 26.1. The summed E-state index contributed by atoms with van der Waals surface area (Å²) in [7, 11) is 0. The van der Waals surface area contributed by atoms with E-state index in [0.717, 1.165) is 43.3 Å². The van der Waals surface area contributed by atoms with Gasteiger partial charge in [0.15, 0.2) is 0 Å². The summed E-state index contributed by atoms with van der Waals surface area (Å²) in [6.07, 6.45) is 5.47.